The van der Waals surface area contributed by atoms with Crippen LogP contribution in [0.2, 0.25) is 0 Å². The van der Waals surface area contributed by atoms with Crippen molar-refractivity contribution in [1.29, 1.82) is 0 Å². The summed E-state index contributed by atoms with van der Waals surface area (Å²) >= 11 is 0. The molecule has 0 N–H and O–H groups in total. The van der Waals surface area contributed by atoms with Crippen LogP contribution < -0.4 is 4.74 Å². The van der Waals surface area contributed by atoms with E-state index in [1.165, 1.54) is 32.4 Å². The van der Waals surface area contributed by atoms with Crippen LogP contribution in [-0.4, -0.2) is 36.9 Å². The predicted octanol–water partition coefficient (Wildman–Crippen LogP) is 4.76. The first kappa shape index (κ1) is 18.0. The zero-order valence-electron chi connectivity index (χ0n) is 15.8. The first-order valence-corrected chi connectivity index (χ1v) is 10.1. The number of fused-ring (bicyclic) bond motifs is 1. The molecule has 0 unspecified atom stereocenters. The molecule has 0 aromatic heterocycles. The molecule has 2 aliphatic rings. The molecule has 0 atom stereocenters. The summed E-state index contributed by atoms with van der Waals surface area (Å²) in [7, 11) is 0. The summed E-state index contributed by atoms with van der Waals surface area (Å²) in [5.74, 6) is 1.06. The van der Waals surface area contributed by atoms with Gasteiger partial charge in [0.05, 0.1) is 6.61 Å². The van der Waals surface area contributed by atoms with Crippen LogP contribution >= 0.6 is 0 Å². The van der Waals surface area contributed by atoms with Crippen molar-refractivity contribution in [2.75, 3.05) is 26.2 Å². The quantitative estimate of drug-likeness (QED) is 0.549. The number of hydrogen-bond acceptors (Lipinski definition) is 3. The number of rotatable bonds is 6. The van der Waals surface area contributed by atoms with Gasteiger partial charge >= 0.3 is 0 Å². The maximum atomic E-state index is 12.5. The number of carbonyl (C=O) groups excluding carboxylic acids is 1. The van der Waals surface area contributed by atoms with Crippen molar-refractivity contribution < 1.29 is 9.53 Å². The molecule has 140 valence electrons. The van der Waals surface area contributed by atoms with Gasteiger partial charge in [0.1, 0.15) is 5.75 Å². The molecule has 3 heteroatoms. The van der Waals surface area contributed by atoms with Crippen LogP contribution in [0.4, 0.5) is 0 Å². The van der Waals surface area contributed by atoms with E-state index in [0.717, 1.165) is 54.0 Å². The average molecular weight is 361 g/mol. The molecule has 0 saturated carbocycles. The highest BCUT2D eigenvalue weighted by atomic mass is 16.5. The van der Waals surface area contributed by atoms with E-state index in [0.29, 0.717) is 0 Å². The van der Waals surface area contributed by atoms with E-state index in [1.54, 1.807) is 0 Å². The number of benzene rings is 2. The molecule has 2 aromatic rings. The molecule has 0 bridgehead atoms. The van der Waals surface area contributed by atoms with Gasteiger partial charge in [0.15, 0.2) is 5.78 Å². The number of ketones is 1. The van der Waals surface area contributed by atoms with Gasteiger partial charge < -0.3 is 9.64 Å². The summed E-state index contributed by atoms with van der Waals surface area (Å²) in [6.07, 6.45) is 7.86. The minimum atomic E-state index is 0.156. The molecule has 0 amide bonds. The SMILES string of the molecule is O=C1/C(=C/c2ccc(OCCCN3CCCCC3)cc2)Cc2ccccc21. The maximum absolute atomic E-state index is 12.5. The largest absolute Gasteiger partial charge is 0.494 e. The summed E-state index contributed by atoms with van der Waals surface area (Å²) in [5, 5.41) is 0. The molecule has 27 heavy (non-hydrogen) atoms. The number of allylic oxidation sites excluding steroid dienone is 1. The Kier molecular flexibility index (Phi) is 5.69. The lowest BCUT2D eigenvalue weighted by atomic mass is 10.1. The van der Waals surface area contributed by atoms with Crippen molar-refractivity contribution >= 4 is 11.9 Å². The molecule has 1 saturated heterocycles. The summed E-state index contributed by atoms with van der Waals surface area (Å²) < 4.78 is 5.88. The molecule has 2 aromatic carbocycles. The van der Waals surface area contributed by atoms with Crippen molar-refractivity contribution in [3.63, 3.8) is 0 Å². The minimum Gasteiger partial charge on any atom is -0.494 e. The molecule has 1 aliphatic carbocycles. The molecule has 1 heterocycles. The van der Waals surface area contributed by atoms with Gasteiger partial charge in [-0.05, 0) is 61.7 Å². The fraction of sp³-hybridized carbons (Fsp3) is 0.375. The highest BCUT2D eigenvalue weighted by Crippen LogP contribution is 2.27. The average Bonchev–Trinajstić information content (AvgIpc) is 3.03. The normalized spacial score (nSPS) is 18.7. The van der Waals surface area contributed by atoms with Crippen LogP contribution in [0.5, 0.6) is 5.75 Å². The highest BCUT2D eigenvalue weighted by Gasteiger charge is 2.23. The number of hydrogen-bond donors (Lipinski definition) is 0. The standard InChI is InChI=1S/C24H27NO2/c26-24-21(18-20-7-2-3-8-23(20)24)17-19-9-11-22(12-10-19)27-16-6-15-25-13-4-1-5-14-25/h2-3,7-12,17H,1,4-6,13-16,18H2/b21-17+. The topological polar surface area (TPSA) is 29.5 Å². The first-order chi connectivity index (χ1) is 13.3. The molecule has 3 nitrogen and oxygen atoms in total. The summed E-state index contributed by atoms with van der Waals surface area (Å²) in [4.78, 5) is 15.0. The Balaban J connectivity index is 1.28. The van der Waals surface area contributed by atoms with Crippen molar-refractivity contribution in [2.24, 2.45) is 0 Å². The Morgan fingerprint density at radius 1 is 0.963 bits per heavy atom. The highest BCUT2D eigenvalue weighted by molar-refractivity contribution is 6.15. The van der Waals surface area contributed by atoms with E-state index >= 15 is 0 Å². The second-order valence-corrected chi connectivity index (χ2v) is 7.51. The molecule has 0 spiro atoms. The maximum Gasteiger partial charge on any atom is 0.189 e. The van der Waals surface area contributed by atoms with Gasteiger partial charge in [-0.3, -0.25) is 4.79 Å². The zero-order chi connectivity index (χ0) is 18.5. The number of nitrogens with zero attached hydrogens (tertiary/aromatic N) is 1. The number of ether oxygens (including phenoxy) is 1. The zero-order valence-corrected chi connectivity index (χ0v) is 15.8. The van der Waals surface area contributed by atoms with E-state index in [4.69, 9.17) is 4.74 Å². The number of carbonyl (C=O) groups is 1. The Morgan fingerprint density at radius 3 is 2.52 bits per heavy atom. The van der Waals surface area contributed by atoms with E-state index in [2.05, 4.69) is 4.90 Å². The van der Waals surface area contributed by atoms with E-state index < -0.39 is 0 Å². The Morgan fingerprint density at radius 2 is 1.74 bits per heavy atom. The Labute approximate surface area is 161 Å². The van der Waals surface area contributed by atoms with Gasteiger partial charge in [-0.1, -0.05) is 42.8 Å². The molecule has 4 rings (SSSR count). The van der Waals surface area contributed by atoms with Gasteiger partial charge in [-0.15, -0.1) is 0 Å². The lowest BCUT2D eigenvalue weighted by Crippen LogP contribution is -2.31. The van der Waals surface area contributed by atoms with Crippen molar-refractivity contribution in [3.05, 3.63) is 70.8 Å². The summed E-state index contributed by atoms with van der Waals surface area (Å²) in [6, 6.07) is 15.9. The van der Waals surface area contributed by atoms with Crippen LogP contribution in [-0.2, 0) is 6.42 Å². The van der Waals surface area contributed by atoms with Gasteiger partial charge in [-0.25, -0.2) is 0 Å². The van der Waals surface area contributed by atoms with Crippen LogP contribution in [0.15, 0.2) is 54.1 Å². The van der Waals surface area contributed by atoms with Crippen LogP contribution in [0, 0.1) is 0 Å². The molecule has 1 fully saturated rings. The minimum absolute atomic E-state index is 0.156. The monoisotopic (exact) mass is 361 g/mol. The lowest BCUT2D eigenvalue weighted by molar-refractivity contribution is 0.104. The number of piperidine rings is 1. The fourth-order valence-corrected chi connectivity index (χ4v) is 3.99. The van der Waals surface area contributed by atoms with Crippen LogP contribution in [0.3, 0.4) is 0 Å². The lowest BCUT2D eigenvalue weighted by Gasteiger charge is -2.26. The molecule has 0 radical (unpaired) electrons. The number of Topliss-reactive ketones (excluding diaryl/α,β-unsaturated/α-hetero) is 1. The third-order valence-corrected chi connectivity index (χ3v) is 5.49. The second kappa shape index (κ2) is 8.53. The molecular formula is C24H27NO2. The van der Waals surface area contributed by atoms with Gasteiger partial charge in [-0.2, -0.15) is 0 Å². The van der Waals surface area contributed by atoms with E-state index in [1.807, 2.05) is 54.6 Å². The third-order valence-electron chi connectivity index (χ3n) is 5.49. The van der Waals surface area contributed by atoms with Crippen molar-refractivity contribution in [2.45, 2.75) is 32.1 Å². The van der Waals surface area contributed by atoms with Gasteiger partial charge in [0, 0.05) is 24.1 Å². The first-order valence-electron chi connectivity index (χ1n) is 10.1. The van der Waals surface area contributed by atoms with Gasteiger partial charge in [0.2, 0.25) is 0 Å². The third kappa shape index (κ3) is 4.48. The Hall–Kier alpha value is -2.39. The fourth-order valence-electron chi connectivity index (χ4n) is 3.99. The molecular weight excluding hydrogens is 334 g/mol. The van der Waals surface area contributed by atoms with Crippen molar-refractivity contribution in [3.8, 4) is 5.75 Å². The van der Waals surface area contributed by atoms with Crippen molar-refractivity contribution in [1.82, 2.24) is 4.90 Å². The summed E-state index contributed by atoms with van der Waals surface area (Å²) in [6.45, 7) is 4.37. The second-order valence-electron chi connectivity index (χ2n) is 7.51. The Bertz CT molecular complexity index is 817. The smallest absolute Gasteiger partial charge is 0.189 e. The summed E-state index contributed by atoms with van der Waals surface area (Å²) in [5.41, 5.74) is 3.89. The predicted molar refractivity (Wildman–Crippen MR) is 109 cm³/mol. The number of likely N-dealkylation sites (tertiary alicyclic amines) is 1. The van der Waals surface area contributed by atoms with Crippen LogP contribution in [0.25, 0.3) is 6.08 Å². The molecule has 1 aliphatic heterocycles. The van der Waals surface area contributed by atoms with E-state index in [9.17, 15) is 4.79 Å². The van der Waals surface area contributed by atoms with E-state index in [-0.39, 0.29) is 5.78 Å². The van der Waals surface area contributed by atoms with Gasteiger partial charge in [0.25, 0.3) is 0 Å². The van der Waals surface area contributed by atoms with Crippen LogP contribution in [0.1, 0.15) is 47.2 Å².